The van der Waals surface area contributed by atoms with Gasteiger partial charge in [-0.2, -0.15) is 0 Å². The van der Waals surface area contributed by atoms with Crippen molar-refractivity contribution in [2.75, 3.05) is 0 Å². The Bertz CT molecular complexity index is 647. The van der Waals surface area contributed by atoms with Gasteiger partial charge in [-0.15, -0.1) is 0 Å². The Labute approximate surface area is 141 Å². The fourth-order valence-electron chi connectivity index (χ4n) is 2.19. The molecule has 0 aliphatic rings. The summed E-state index contributed by atoms with van der Waals surface area (Å²) in [6.07, 6.45) is 4.54. The zero-order chi connectivity index (χ0) is 17.2. The molecule has 6 heteroatoms. The minimum atomic E-state index is -0.482. The highest BCUT2D eigenvalue weighted by molar-refractivity contribution is 5.94. The minimum absolute atomic E-state index is 0.143. The second kappa shape index (κ2) is 9.42. The van der Waals surface area contributed by atoms with Crippen molar-refractivity contribution in [3.05, 3.63) is 66.0 Å². The third kappa shape index (κ3) is 5.48. The van der Waals surface area contributed by atoms with E-state index >= 15 is 0 Å². The summed E-state index contributed by atoms with van der Waals surface area (Å²) in [5, 5.41) is 2.88. The van der Waals surface area contributed by atoms with Crippen molar-refractivity contribution in [2.45, 2.75) is 32.4 Å². The highest BCUT2D eigenvalue weighted by Crippen LogP contribution is 2.01. The lowest BCUT2D eigenvalue weighted by molar-refractivity contribution is -0.123. The first-order valence-electron chi connectivity index (χ1n) is 7.98. The molecule has 1 heterocycles. The van der Waals surface area contributed by atoms with Crippen molar-refractivity contribution in [2.24, 2.45) is 0 Å². The maximum absolute atomic E-state index is 12.3. The Morgan fingerprint density at radius 3 is 2.46 bits per heavy atom. The van der Waals surface area contributed by atoms with E-state index in [0.717, 1.165) is 12.0 Å². The van der Waals surface area contributed by atoms with Crippen molar-refractivity contribution < 1.29 is 9.59 Å². The first-order chi connectivity index (χ1) is 11.7. The molecule has 2 amide bonds. The lowest BCUT2D eigenvalue weighted by Crippen LogP contribution is -2.51. The molecule has 2 rings (SSSR count). The Hall–Kier alpha value is -2.73. The number of hydrogen-bond acceptors (Lipinski definition) is 4. The van der Waals surface area contributed by atoms with Gasteiger partial charge in [0, 0.05) is 24.5 Å². The number of hydrogen-bond donors (Lipinski definition) is 3. The van der Waals surface area contributed by atoms with E-state index in [0.29, 0.717) is 18.5 Å². The second-order valence-electron chi connectivity index (χ2n) is 5.38. The molecule has 0 aliphatic carbocycles. The predicted octanol–water partition coefficient (Wildman–Crippen LogP) is 1.80. The van der Waals surface area contributed by atoms with Crippen molar-refractivity contribution >= 4 is 11.8 Å². The van der Waals surface area contributed by atoms with Crippen LogP contribution in [0.2, 0.25) is 0 Å². The van der Waals surface area contributed by atoms with Crippen LogP contribution in [0.25, 0.3) is 0 Å². The fourth-order valence-corrected chi connectivity index (χ4v) is 2.19. The number of amides is 2. The number of hydrazine groups is 1. The second-order valence-corrected chi connectivity index (χ2v) is 5.38. The average molecular weight is 326 g/mol. The summed E-state index contributed by atoms with van der Waals surface area (Å²) in [6, 6.07) is 12.4. The molecule has 0 bridgehead atoms. The first kappa shape index (κ1) is 17.6. The smallest absolute Gasteiger partial charge is 0.265 e. The van der Waals surface area contributed by atoms with Crippen LogP contribution in [0.4, 0.5) is 0 Å². The van der Waals surface area contributed by atoms with Crippen molar-refractivity contribution in [3.63, 3.8) is 0 Å². The molecule has 0 spiro atoms. The van der Waals surface area contributed by atoms with Gasteiger partial charge in [-0.05, 0) is 24.1 Å². The van der Waals surface area contributed by atoms with Crippen molar-refractivity contribution in [1.82, 2.24) is 21.2 Å². The van der Waals surface area contributed by atoms with Gasteiger partial charge in [0.25, 0.3) is 5.91 Å². The van der Waals surface area contributed by atoms with Gasteiger partial charge in [0.1, 0.15) is 6.04 Å². The highest BCUT2D eigenvalue weighted by atomic mass is 16.2. The molecule has 0 fully saturated rings. The zero-order valence-electron chi connectivity index (χ0n) is 13.7. The Morgan fingerprint density at radius 2 is 1.79 bits per heavy atom. The van der Waals surface area contributed by atoms with E-state index in [1.165, 1.54) is 0 Å². The van der Waals surface area contributed by atoms with E-state index in [1.807, 2.05) is 37.3 Å². The molecule has 0 unspecified atom stereocenters. The van der Waals surface area contributed by atoms with Crippen LogP contribution in [0.3, 0.4) is 0 Å². The topological polar surface area (TPSA) is 83.1 Å². The number of benzene rings is 1. The van der Waals surface area contributed by atoms with Crippen LogP contribution in [0, 0.1) is 0 Å². The highest BCUT2D eigenvalue weighted by Gasteiger charge is 2.18. The van der Waals surface area contributed by atoms with Gasteiger partial charge in [0.2, 0.25) is 5.91 Å². The van der Waals surface area contributed by atoms with Gasteiger partial charge in [0.05, 0.1) is 0 Å². The van der Waals surface area contributed by atoms with Crippen LogP contribution in [0.5, 0.6) is 0 Å². The largest absolute Gasteiger partial charge is 0.351 e. The lowest BCUT2D eigenvalue weighted by atomic mass is 10.1. The third-order valence-electron chi connectivity index (χ3n) is 3.51. The Balaban J connectivity index is 1.86. The summed E-state index contributed by atoms with van der Waals surface area (Å²) < 4.78 is 0. The van der Waals surface area contributed by atoms with Gasteiger partial charge in [0.15, 0.2) is 0 Å². The molecule has 1 aromatic heterocycles. The number of aromatic nitrogens is 1. The van der Waals surface area contributed by atoms with Crippen molar-refractivity contribution in [1.29, 1.82) is 0 Å². The number of nitrogens with one attached hydrogen (secondary N) is 3. The summed E-state index contributed by atoms with van der Waals surface area (Å²) in [7, 11) is 0. The average Bonchev–Trinajstić information content (AvgIpc) is 2.64. The summed E-state index contributed by atoms with van der Waals surface area (Å²) in [4.78, 5) is 28.2. The molecule has 0 radical (unpaired) electrons. The van der Waals surface area contributed by atoms with E-state index in [4.69, 9.17) is 0 Å². The van der Waals surface area contributed by atoms with Gasteiger partial charge in [-0.25, -0.2) is 5.43 Å². The molecule has 0 aliphatic heterocycles. The SMILES string of the molecule is CCC[C@H](NNC(=O)c1ccncc1)C(=O)NCc1ccccc1. The molecule has 1 aromatic carbocycles. The Morgan fingerprint density at radius 1 is 1.08 bits per heavy atom. The van der Waals surface area contributed by atoms with Crippen LogP contribution >= 0.6 is 0 Å². The molecule has 3 N–H and O–H groups in total. The molecule has 2 aromatic rings. The molecule has 0 saturated heterocycles. The van der Waals surface area contributed by atoms with Crippen molar-refractivity contribution in [3.8, 4) is 0 Å². The summed E-state index contributed by atoms with van der Waals surface area (Å²) >= 11 is 0. The van der Waals surface area contributed by atoms with Gasteiger partial charge >= 0.3 is 0 Å². The van der Waals surface area contributed by atoms with E-state index in [-0.39, 0.29) is 11.8 Å². The number of nitrogens with zero attached hydrogens (tertiary/aromatic N) is 1. The van der Waals surface area contributed by atoms with Crippen LogP contribution in [-0.2, 0) is 11.3 Å². The number of carbonyl (C=O) groups is 2. The lowest BCUT2D eigenvalue weighted by Gasteiger charge is -2.18. The molecule has 126 valence electrons. The number of rotatable bonds is 8. The Kier molecular flexibility index (Phi) is 6.91. The summed E-state index contributed by atoms with van der Waals surface area (Å²) in [5.41, 5.74) is 6.92. The molecule has 6 nitrogen and oxygen atoms in total. The van der Waals surface area contributed by atoms with E-state index in [9.17, 15) is 9.59 Å². The van der Waals surface area contributed by atoms with Gasteiger partial charge in [-0.1, -0.05) is 43.7 Å². The maximum atomic E-state index is 12.3. The third-order valence-corrected chi connectivity index (χ3v) is 3.51. The molecule has 1 atom stereocenters. The van der Waals surface area contributed by atoms with Crippen LogP contribution in [0.1, 0.15) is 35.7 Å². The minimum Gasteiger partial charge on any atom is -0.351 e. The van der Waals surface area contributed by atoms with Gasteiger partial charge in [-0.3, -0.25) is 20.0 Å². The van der Waals surface area contributed by atoms with Crippen LogP contribution in [-0.4, -0.2) is 22.8 Å². The zero-order valence-corrected chi connectivity index (χ0v) is 13.7. The standard InChI is InChI=1S/C18H22N4O2/c1-2-6-16(18(24)20-13-14-7-4-3-5-8-14)21-22-17(23)15-9-11-19-12-10-15/h3-5,7-12,16,21H,2,6,13H2,1H3,(H,20,24)(H,22,23)/t16-/m0/s1. The van der Waals surface area contributed by atoms with E-state index in [1.54, 1.807) is 24.5 Å². The fraction of sp³-hybridized carbons (Fsp3) is 0.278. The molecule has 24 heavy (non-hydrogen) atoms. The predicted molar refractivity (Wildman–Crippen MR) is 91.8 cm³/mol. The maximum Gasteiger partial charge on any atom is 0.265 e. The number of carbonyl (C=O) groups excluding carboxylic acids is 2. The normalized spacial score (nSPS) is 11.5. The number of pyridine rings is 1. The summed E-state index contributed by atoms with van der Waals surface area (Å²) in [5.74, 6) is -0.440. The summed E-state index contributed by atoms with van der Waals surface area (Å²) in [6.45, 7) is 2.45. The quantitative estimate of drug-likeness (QED) is 0.646. The molecular formula is C18H22N4O2. The van der Waals surface area contributed by atoms with E-state index in [2.05, 4.69) is 21.2 Å². The first-order valence-corrected chi connectivity index (χ1v) is 7.98. The van der Waals surface area contributed by atoms with Gasteiger partial charge < -0.3 is 5.32 Å². The molecular weight excluding hydrogens is 304 g/mol. The monoisotopic (exact) mass is 326 g/mol. The van der Waals surface area contributed by atoms with E-state index < -0.39 is 6.04 Å². The molecule has 0 saturated carbocycles. The van der Waals surface area contributed by atoms with Crippen LogP contribution in [0.15, 0.2) is 54.9 Å². The van der Waals surface area contributed by atoms with Crippen LogP contribution < -0.4 is 16.2 Å².